The van der Waals surface area contributed by atoms with Crippen molar-refractivity contribution in [1.82, 2.24) is 14.9 Å². The van der Waals surface area contributed by atoms with Crippen LogP contribution in [0.3, 0.4) is 0 Å². The van der Waals surface area contributed by atoms with E-state index in [1.165, 1.54) is 19.0 Å². The fourth-order valence-electron chi connectivity index (χ4n) is 1.54. The van der Waals surface area contributed by atoms with Crippen LogP contribution in [-0.2, 0) is 6.54 Å². The number of aromatic nitrogens is 2. The number of hydrogen-bond donors (Lipinski definition) is 1. The van der Waals surface area contributed by atoms with E-state index >= 15 is 0 Å². The molecule has 96 valence electrons. The molecule has 1 rings (SSSR count). The molecule has 1 heterocycles. The topological polar surface area (TPSA) is 46.9 Å². The molecule has 1 aromatic rings. The van der Waals surface area contributed by atoms with Crippen LogP contribution in [0.2, 0.25) is 0 Å². The number of nitrogens with one attached hydrogen (secondary N) is 1. The van der Waals surface area contributed by atoms with Crippen LogP contribution in [0.4, 0.5) is 0 Å². The predicted molar refractivity (Wildman–Crippen MR) is 73.1 cm³/mol. The Balaban J connectivity index is 2.23. The molecular formula is C12H20BrN3O. The molecule has 4 nitrogen and oxygen atoms in total. The molecule has 1 N–H and O–H groups in total. The summed E-state index contributed by atoms with van der Waals surface area (Å²) in [5.74, 6) is 0.758. The van der Waals surface area contributed by atoms with Crippen LogP contribution in [0.5, 0.6) is 0 Å². The Bertz CT molecular complexity index is 390. The molecule has 0 unspecified atom stereocenters. The molecule has 0 atom stereocenters. The van der Waals surface area contributed by atoms with Crippen LogP contribution < -0.4 is 10.9 Å². The minimum Gasteiger partial charge on any atom is -0.315 e. The number of hydrogen-bond acceptors (Lipinski definition) is 3. The molecule has 17 heavy (non-hydrogen) atoms. The van der Waals surface area contributed by atoms with Crippen LogP contribution in [0.1, 0.15) is 26.7 Å². The summed E-state index contributed by atoms with van der Waals surface area (Å²) in [6.07, 6.45) is 5.52. The molecule has 0 saturated carbocycles. The van der Waals surface area contributed by atoms with Gasteiger partial charge in [0.15, 0.2) is 0 Å². The Morgan fingerprint density at radius 2 is 2.24 bits per heavy atom. The Morgan fingerprint density at radius 3 is 2.94 bits per heavy atom. The lowest BCUT2D eigenvalue weighted by molar-refractivity contribution is 0.511. The fraction of sp³-hybridized carbons (Fsp3) is 0.667. The average Bonchev–Trinajstić information content (AvgIpc) is 2.28. The standard InChI is InChI=1S/C12H20BrN3O/c1-10(2)4-3-5-14-6-7-16-9-15-8-11(13)12(16)17/h8-10,14H,3-7H2,1-2H3. The van der Waals surface area contributed by atoms with Crippen LogP contribution in [0.25, 0.3) is 0 Å². The van der Waals surface area contributed by atoms with E-state index in [1.54, 1.807) is 10.9 Å². The molecule has 0 aromatic carbocycles. The van der Waals surface area contributed by atoms with Crippen LogP contribution in [0, 0.1) is 5.92 Å². The summed E-state index contributed by atoms with van der Waals surface area (Å²) < 4.78 is 2.12. The fourth-order valence-corrected chi connectivity index (χ4v) is 1.89. The van der Waals surface area contributed by atoms with Gasteiger partial charge in [0.05, 0.1) is 6.33 Å². The van der Waals surface area contributed by atoms with Gasteiger partial charge in [-0.2, -0.15) is 0 Å². The quantitative estimate of drug-likeness (QED) is 0.784. The molecule has 0 bridgehead atoms. The van der Waals surface area contributed by atoms with Crippen molar-refractivity contribution in [2.75, 3.05) is 13.1 Å². The molecule has 0 amide bonds. The van der Waals surface area contributed by atoms with Gasteiger partial charge in [0, 0.05) is 19.3 Å². The molecule has 5 heteroatoms. The Kier molecular flexibility index (Phi) is 6.44. The molecule has 0 radical (unpaired) electrons. The van der Waals surface area contributed by atoms with E-state index in [-0.39, 0.29) is 5.56 Å². The van der Waals surface area contributed by atoms with Crippen molar-refractivity contribution >= 4 is 15.9 Å². The highest BCUT2D eigenvalue weighted by molar-refractivity contribution is 9.10. The van der Waals surface area contributed by atoms with E-state index in [2.05, 4.69) is 40.1 Å². The van der Waals surface area contributed by atoms with Crippen molar-refractivity contribution in [3.05, 3.63) is 27.4 Å². The third kappa shape index (κ3) is 5.46. The van der Waals surface area contributed by atoms with E-state index in [1.807, 2.05) is 0 Å². The van der Waals surface area contributed by atoms with Crippen molar-refractivity contribution < 1.29 is 0 Å². The van der Waals surface area contributed by atoms with Gasteiger partial charge in [0.1, 0.15) is 4.47 Å². The van der Waals surface area contributed by atoms with Gasteiger partial charge in [-0.3, -0.25) is 9.36 Å². The maximum atomic E-state index is 11.6. The second-order valence-corrected chi connectivity index (χ2v) is 5.38. The van der Waals surface area contributed by atoms with E-state index < -0.39 is 0 Å². The van der Waals surface area contributed by atoms with Crippen LogP contribution in [-0.4, -0.2) is 22.6 Å². The number of halogens is 1. The molecule has 0 aliphatic carbocycles. The summed E-state index contributed by atoms with van der Waals surface area (Å²) in [5, 5.41) is 3.33. The highest BCUT2D eigenvalue weighted by Crippen LogP contribution is 2.01. The van der Waals surface area contributed by atoms with Gasteiger partial charge < -0.3 is 5.32 Å². The average molecular weight is 302 g/mol. The smallest absolute Gasteiger partial charge is 0.267 e. The minimum absolute atomic E-state index is 0.0241. The summed E-state index contributed by atoms with van der Waals surface area (Å²) in [7, 11) is 0. The first-order valence-electron chi connectivity index (χ1n) is 6.02. The summed E-state index contributed by atoms with van der Waals surface area (Å²) >= 11 is 3.18. The van der Waals surface area contributed by atoms with Crippen molar-refractivity contribution in [2.24, 2.45) is 5.92 Å². The van der Waals surface area contributed by atoms with Crippen molar-refractivity contribution in [3.8, 4) is 0 Å². The van der Waals surface area contributed by atoms with Gasteiger partial charge in [-0.15, -0.1) is 0 Å². The lowest BCUT2D eigenvalue weighted by atomic mass is 10.1. The Labute approximate surface area is 111 Å². The molecule has 0 saturated heterocycles. The normalized spacial score (nSPS) is 11.1. The first-order valence-corrected chi connectivity index (χ1v) is 6.81. The van der Waals surface area contributed by atoms with Crippen molar-refractivity contribution in [2.45, 2.75) is 33.2 Å². The first kappa shape index (κ1) is 14.4. The molecular weight excluding hydrogens is 282 g/mol. The molecule has 0 fully saturated rings. The zero-order valence-electron chi connectivity index (χ0n) is 10.4. The maximum Gasteiger partial charge on any atom is 0.267 e. The lowest BCUT2D eigenvalue weighted by Gasteiger charge is -2.08. The highest BCUT2D eigenvalue weighted by Gasteiger charge is 2.00. The van der Waals surface area contributed by atoms with E-state index in [0.29, 0.717) is 11.0 Å². The van der Waals surface area contributed by atoms with Gasteiger partial charge in [0.2, 0.25) is 0 Å². The van der Waals surface area contributed by atoms with Crippen LogP contribution >= 0.6 is 15.9 Å². The highest BCUT2D eigenvalue weighted by atomic mass is 79.9. The zero-order valence-corrected chi connectivity index (χ0v) is 12.0. The third-order valence-electron chi connectivity index (χ3n) is 2.52. The number of nitrogens with zero attached hydrogens (tertiary/aromatic N) is 2. The second kappa shape index (κ2) is 7.61. The molecule has 0 spiro atoms. The van der Waals surface area contributed by atoms with E-state index in [9.17, 15) is 4.79 Å². The van der Waals surface area contributed by atoms with Gasteiger partial charge in [-0.25, -0.2) is 4.98 Å². The van der Waals surface area contributed by atoms with E-state index in [4.69, 9.17) is 0 Å². The van der Waals surface area contributed by atoms with Gasteiger partial charge in [0.25, 0.3) is 5.56 Å². The Morgan fingerprint density at radius 1 is 1.47 bits per heavy atom. The summed E-state index contributed by atoms with van der Waals surface area (Å²) in [6, 6.07) is 0. The summed E-state index contributed by atoms with van der Waals surface area (Å²) in [5.41, 5.74) is -0.0241. The van der Waals surface area contributed by atoms with Crippen molar-refractivity contribution in [1.29, 1.82) is 0 Å². The summed E-state index contributed by atoms with van der Waals surface area (Å²) in [4.78, 5) is 15.6. The third-order valence-corrected chi connectivity index (χ3v) is 3.07. The monoisotopic (exact) mass is 301 g/mol. The molecule has 0 aliphatic heterocycles. The second-order valence-electron chi connectivity index (χ2n) is 4.53. The lowest BCUT2D eigenvalue weighted by Crippen LogP contribution is -2.28. The van der Waals surface area contributed by atoms with Gasteiger partial charge >= 0.3 is 0 Å². The minimum atomic E-state index is -0.0241. The molecule has 1 aromatic heterocycles. The maximum absolute atomic E-state index is 11.6. The van der Waals surface area contributed by atoms with E-state index in [0.717, 1.165) is 19.0 Å². The Hall–Kier alpha value is -0.680. The number of rotatable bonds is 7. The SMILES string of the molecule is CC(C)CCCNCCn1cncc(Br)c1=O. The predicted octanol–water partition coefficient (Wildman–Crippen LogP) is 2.03. The first-order chi connectivity index (χ1) is 8.11. The van der Waals surface area contributed by atoms with Gasteiger partial charge in [-0.05, 0) is 41.2 Å². The molecule has 0 aliphatic rings. The zero-order chi connectivity index (χ0) is 12.7. The van der Waals surface area contributed by atoms with Crippen molar-refractivity contribution in [3.63, 3.8) is 0 Å². The van der Waals surface area contributed by atoms with Gasteiger partial charge in [-0.1, -0.05) is 13.8 Å². The summed E-state index contributed by atoms with van der Waals surface area (Å²) in [6.45, 7) is 6.93. The van der Waals surface area contributed by atoms with Crippen LogP contribution in [0.15, 0.2) is 21.8 Å². The largest absolute Gasteiger partial charge is 0.315 e.